The number of allylic oxidation sites excluding steroid dienone is 5. The van der Waals surface area contributed by atoms with Gasteiger partial charge in [0, 0.05) is 36.5 Å². The van der Waals surface area contributed by atoms with Crippen molar-refractivity contribution in [1.82, 2.24) is 0 Å². The van der Waals surface area contributed by atoms with Crippen molar-refractivity contribution in [2.24, 2.45) is 0 Å². The lowest BCUT2D eigenvalue weighted by atomic mass is 9.81. The van der Waals surface area contributed by atoms with E-state index in [1.54, 1.807) is 18.0 Å². The zero-order valence-corrected chi connectivity index (χ0v) is 19.5. The van der Waals surface area contributed by atoms with Gasteiger partial charge in [-0.05, 0) is 32.1 Å². The van der Waals surface area contributed by atoms with Crippen LogP contribution in [0.4, 0.5) is 11.4 Å². The Balaban J connectivity index is 0.00000300. The Bertz CT molecular complexity index is 985. The summed E-state index contributed by atoms with van der Waals surface area (Å²) >= 11 is 0. The number of halogens is 1. The smallest absolute Gasteiger partial charge is 0.227 e. The van der Waals surface area contributed by atoms with Crippen LogP contribution in [0.15, 0.2) is 91.2 Å². The summed E-state index contributed by atoms with van der Waals surface area (Å²) in [4.78, 5) is 13.5. The Hall–Kier alpha value is -2.47. The first-order valence-electron chi connectivity index (χ1n) is 9.50. The van der Waals surface area contributed by atoms with Crippen molar-refractivity contribution in [2.45, 2.75) is 26.2 Å². The fourth-order valence-corrected chi connectivity index (χ4v) is 3.67. The van der Waals surface area contributed by atoms with E-state index in [9.17, 15) is 4.79 Å². The number of carbonyl (C=O) groups is 1. The highest BCUT2D eigenvalue weighted by Crippen LogP contribution is 2.38. The molecule has 0 N–H and O–H groups in total. The van der Waals surface area contributed by atoms with Gasteiger partial charge < -0.3 is 24.0 Å². The molecule has 0 atom stereocenters. The quantitative estimate of drug-likeness (QED) is 0.353. The van der Waals surface area contributed by atoms with E-state index in [1.807, 2.05) is 54.6 Å². The second-order valence-corrected chi connectivity index (χ2v) is 7.40. The average molecular weight is 498 g/mol. The van der Waals surface area contributed by atoms with Crippen LogP contribution in [0.25, 0.3) is 0 Å². The molecule has 0 unspecified atom stereocenters. The first kappa shape index (κ1) is 22.8. The van der Waals surface area contributed by atoms with Crippen LogP contribution in [0, 0.1) is 0 Å². The van der Waals surface area contributed by atoms with Gasteiger partial charge in [0.25, 0.3) is 0 Å². The van der Waals surface area contributed by atoms with Crippen LogP contribution in [0.2, 0.25) is 0 Å². The fourth-order valence-electron chi connectivity index (χ4n) is 3.67. The molecule has 0 saturated heterocycles. The Labute approximate surface area is 190 Å². The summed E-state index contributed by atoms with van der Waals surface area (Å²) in [5.41, 5.74) is 4.70. The summed E-state index contributed by atoms with van der Waals surface area (Å²) in [6.45, 7) is 6.07. The fraction of sp³-hybridized carbons (Fsp3) is 0.200. The van der Waals surface area contributed by atoms with E-state index >= 15 is 0 Å². The predicted octanol–water partition coefficient (Wildman–Crippen LogP) is 2.38. The molecule has 0 saturated carbocycles. The van der Waals surface area contributed by atoms with Gasteiger partial charge in [0.05, 0.1) is 5.41 Å². The minimum atomic E-state index is -0.0236. The maximum atomic E-state index is 11.9. The molecular formula is C25H27IN2O. The topological polar surface area (TPSA) is 23.3 Å². The second kappa shape index (κ2) is 9.83. The van der Waals surface area contributed by atoms with Gasteiger partial charge in [-0.3, -0.25) is 9.69 Å². The van der Waals surface area contributed by atoms with Crippen molar-refractivity contribution < 1.29 is 33.3 Å². The summed E-state index contributed by atoms with van der Waals surface area (Å²) in [7, 11) is 2.11. The third-order valence-electron chi connectivity index (χ3n) is 5.14. The number of hydrogen-bond donors (Lipinski definition) is 0. The Kier molecular flexibility index (Phi) is 7.73. The second-order valence-electron chi connectivity index (χ2n) is 7.40. The molecule has 0 spiro atoms. The van der Waals surface area contributed by atoms with Crippen LogP contribution in [0.1, 0.15) is 26.3 Å². The van der Waals surface area contributed by atoms with Crippen LogP contribution in [-0.2, 0) is 10.2 Å². The number of benzene rings is 2. The van der Waals surface area contributed by atoms with Gasteiger partial charge in [0.2, 0.25) is 11.6 Å². The van der Waals surface area contributed by atoms with E-state index in [0.29, 0.717) is 0 Å². The molecule has 29 heavy (non-hydrogen) atoms. The number of carbonyl (C=O) groups excluding carboxylic acids is 1. The van der Waals surface area contributed by atoms with Gasteiger partial charge >= 0.3 is 0 Å². The summed E-state index contributed by atoms with van der Waals surface area (Å²) in [5.74, 6) is -0.0194. The van der Waals surface area contributed by atoms with Crippen LogP contribution in [0.3, 0.4) is 0 Å². The van der Waals surface area contributed by atoms with E-state index in [1.165, 1.54) is 17.0 Å². The lowest BCUT2D eigenvalue weighted by Crippen LogP contribution is -3.00. The minimum Gasteiger partial charge on any atom is -1.00 e. The van der Waals surface area contributed by atoms with E-state index in [0.717, 1.165) is 5.69 Å². The van der Waals surface area contributed by atoms with Crippen LogP contribution >= 0.6 is 0 Å². The van der Waals surface area contributed by atoms with Gasteiger partial charge in [0.15, 0.2) is 5.71 Å². The lowest BCUT2D eigenvalue weighted by Gasteiger charge is -2.15. The van der Waals surface area contributed by atoms with Gasteiger partial charge in [-0.25, -0.2) is 0 Å². The predicted molar refractivity (Wildman–Crippen MR) is 117 cm³/mol. The number of rotatable bonds is 5. The maximum absolute atomic E-state index is 11.9. The molecule has 3 rings (SSSR count). The van der Waals surface area contributed by atoms with Crippen molar-refractivity contribution in [2.75, 3.05) is 11.9 Å². The van der Waals surface area contributed by atoms with Crippen molar-refractivity contribution in [3.8, 4) is 0 Å². The van der Waals surface area contributed by atoms with Crippen molar-refractivity contribution in [3.63, 3.8) is 0 Å². The normalized spacial score (nSPS) is 15.2. The molecule has 0 aliphatic carbocycles. The van der Waals surface area contributed by atoms with Gasteiger partial charge in [-0.1, -0.05) is 54.6 Å². The highest BCUT2D eigenvalue weighted by atomic mass is 127. The Morgan fingerprint density at radius 2 is 1.55 bits per heavy atom. The largest absolute Gasteiger partial charge is 1.00 e. The average Bonchev–Trinajstić information content (AvgIpc) is 2.88. The third-order valence-corrected chi connectivity index (χ3v) is 5.14. The molecule has 0 bridgehead atoms. The van der Waals surface area contributed by atoms with Crippen LogP contribution < -0.4 is 28.9 Å². The van der Waals surface area contributed by atoms with Crippen molar-refractivity contribution in [3.05, 3.63) is 96.7 Å². The number of para-hydroxylation sites is 2. The van der Waals surface area contributed by atoms with Crippen LogP contribution in [-0.4, -0.2) is 23.2 Å². The molecule has 2 aromatic rings. The number of anilines is 1. The zero-order valence-electron chi connectivity index (χ0n) is 17.3. The monoisotopic (exact) mass is 498 g/mol. The van der Waals surface area contributed by atoms with E-state index in [4.69, 9.17) is 0 Å². The molecule has 2 aromatic carbocycles. The molecule has 1 aliphatic rings. The summed E-state index contributed by atoms with van der Waals surface area (Å²) in [5, 5.41) is 0. The first-order chi connectivity index (χ1) is 13.4. The van der Waals surface area contributed by atoms with Crippen molar-refractivity contribution >= 4 is 23.0 Å². The molecule has 0 aromatic heterocycles. The highest BCUT2D eigenvalue weighted by Gasteiger charge is 2.42. The van der Waals surface area contributed by atoms with Crippen molar-refractivity contribution in [1.29, 1.82) is 0 Å². The standard InChI is InChI=1S/C25H27N2O.HI/c1-20(28)27(21-14-8-7-9-15-21)19-13-6-5-10-18-24-25(2,3)22-16-11-12-17-23(22)26(24)4;/h5-19H,1-4H3;1H/q+1;/p-1. The maximum Gasteiger partial charge on any atom is 0.227 e. The molecule has 150 valence electrons. The van der Waals surface area contributed by atoms with Gasteiger partial charge in [-0.2, -0.15) is 4.58 Å². The molecule has 0 fully saturated rings. The summed E-state index contributed by atoms with van der Waals surface area (Å²) in [6.07, 6.45) is 11.8. The molecular weight excluding hydrogens is 471 g/mol. The first-order valence-corrected chi connectivity index (χ1v) is 9.50. The molecule has 4 heteroatoms. The third kappa shape index (κ3) is 4.93. The number of amides is 1. The molecule has 3 nitrogen and oxygen atoms in total. The molecule has 1 heterocycles. The van der Waals surface area contributed by atoms with Gasteiger partial charge in [-0.15, -0.1) is 0 Å². The zero-order chi connectivity index (χ0) is 20.1. The van der Waals surface area contributed by atoms with E-state index < -0.39 is 0 Å². The summed E-state index contributed by atoms with van der Waals surface area (Å²) in [6, 6.07) is 18.2. The molecule has 1 amide bonds. The lowest BCUT2D eigenvalue weighted by molar-refractivity contribution is -0.401. The Morgan fingerprint density at radius 3 is 2.21 bits per heavy atom. The number of nitrogens with zero attached hydrogens (tertiary/aromatic N) is 2. The van der Waals surface area contributed by atoms with Crippen LogP contribution in [0.5, 0.6) is 0 Å². The minimum absolute atomic E-state index is 0. The number of hydrogen-bond acceptors (Lipinski definition) is 1. The highest BCUT2D eigenvalue weighted by molar-refractivity contribution is 6.03. The van der Waals surface area contributed by atoms with E-state index in [2.05, 4.69) is 55.8 Å². The molecule has 1 aliphatic heterocycles. The van der Waals surface area contributed by atoms with Gasteiger partial charge in [0.1, 0.15) is 7.05 Å². The molecule has 0 radical (unpaired) electrons. The summed E-state index contributed by atoms with van der Waals surface area (Å²) < 4.78 is 2.25. The Morgan fingerprint density at radius 1 is 0.931 bits per heavy atom. The SMILES string of the molecule is CC(=O)N(/C=C/C=C/C=C/C1=[N+](C)c2ccccc2C1(C)C)c1ccccc1.[I-]. The van der Waals surface area contributed by atoms with E-state index in [-0.39, 0.29) is 35.3 Å². The number of fused-ring (bicyclic) bond motifs is 1.